The van der Waals surface area contributed by atoms with E-state index in [2.05, 4.69) is 31.0 Å². The maximum absolute atomic E-state index is 9.09. The molecule has 0 spiro atoms. The zero-order valence-corrected chi connectivity index (χ0v) is 11.8. The van der Waals surface area contributed by atoms with Gasteiger partial charge in [0.15, 0.2) is 0 Å². The lowest BCUT2D eigenvalue weighted by molar-refractivity contribution is 0.222. The highest BCUT2D eigenvalue weighted by Crippen LogP contribution is 2.23. The van der Waals surface area contributed by atoms with Crippen LogP contribution in [0.5, 0.6) is 0 Å². The van der Waals surface area contributed by atoms with Crippen LogP contribution in [0.4, 0.5) is 0 Å². The van der Waals surface area contributed by atoms with Gasteiger partial charge in [-0.25, -0.2) is 0 Å². The quantitative estimate of drug-likeness (QED) is 0.680. The van der Waals surface area contributed by atoms with E-state index in [1.165, 1.54) is 19.5 Å². The second-order valence-corrected chi connectivity index (χ2v) is 5.72. The van der Waals surface area contributed by atoms with Gasteiger partial charge in [-0.1, -0.05) is 20.8 Å². The van der Waals surface area contributed by atoms with Crippen LogP contribution in [0.3, 0.4) is 0 Å². The number of nitrogens with one attached hydrogen (secondary N) is 1. The summed E-state index contributed by atoms with van der Waals surface area (Å²) in [6.45, 7) is 11.8. The summed E-state index contributed by atoms with van der Waals surface area (Å²) >= 11 is 0. The first kappa shape index (κ1) is 14.9. The van der Waals surface area contributed by atoms with Crippen molar-refractivity contribution in [1.29, 1.82) is 0 Å². The number of aliphatic hydroxyl groups excluding tert-OH is 1. The predicted octanol–water partition coefficient (Wildman–Crippen LogP) is 1.71. The molecule has 0 saturated carbocycles. The Balaban J connectivity index is 2.29. The first-order valence-electron chi connectivity index (χ1n) is 7.24. The van der Waals surface area contributed by atoms with E-state index in [-0.39, 0.29) is 0 Å². The van der Waals surface area contributed by atoms with Crippen molar-refractivity contribution in [2.45, 2.75) is 46.1 Å². The van der Waals surface area contributed by atoms with Crippen LogP contribution in [0.15, 0.2) is 0 Å². The fraction of sp³-hybridized carbons (Fsp3) is 1.00. The van der Waals surface area contributed by atoms with E-state index in [1.54, 1.807) is 0 Å². The van der Waals surface area contributed by atoms with Crippen molar-refractivity contribution in [3.8, 4) is 0 Å². The molecule has 1 fully saturated rings. The Kier molecular flexibility index (Phi) is 7.09. The van der Waals surface area contributed by atoms with Crippen molar-refractivity contribution < 1.29 is 5.11 Å². The van der Waals surface area contributed by atoms with Crippen molar-refractivity contribution in [2.75, 3.05) is 32.8 Å². The second-order valence-electron chi connectivity index (χ2n) is 5.72. The van der Waals surface area contributed by atoms with Crippen LogP contribution in [-0.2, 0) is 0 Å². The van der Waals surface area contributed by atoms with Crippen LogP contribution in [0, 0.1) is 11.8 Å². The Morgan fingerprint density at radius 2 is 2.18 bits per heavy atom. The average molecular weight is 242 g/mol. The van der Waals surface area contributed by atoms with Gasteiger partial charge in [0, 0.05) is 25.7 Å². The Labute approximate surface area is 107 Å². The van der Waals surface area contributed by atoms with E-state index in [0.29, 0.717) is 12.6 Å². The molecule has 2 atom stereocenters. The van der Waals surface area contributed by atoms with E-state index in [4.69, 9.17) is 5.11 Å². The Hall–Kier alpha value is -0.120. The zero-order chi connectivity index (χ0) is 12.7. The lowest BCUT2D eigenvalue weighted by Crippen LogP contribution is -2.41. The topological polar surface area (TPSA) is 35.5 Å². The van der Waals surface area contributed by atoms with Crippen molar-refractivity contribution in [3.63, 3.8) is 0 Å². The molecule has 3 nitrogen and oxygen atoms in total. The van der Waals surface area contributed by atoms with Crippen LogP contribution in [-0.4, -0.2) is 48.8 Å². The van der Waals surface area contributed by atoms with Crippen LogP contribution < -0.4 is 5.32 Å². The smallest absolute Gasteiger partial charge is 0.0446 e. The van der Waals surface area contributed by atoms with E-state index in [9.17, 15) is 0 Å². The first-order valence-corrected chi connectivity index (χ1v) is 7.24. The first-order chi connectivity index (χ1) is 8.17. The van der Waals surface area contributed by atoms with Gasteiger partial charge in [-0.05, 0) is 44.2 Å². The van der Waals surface area contributed by atoms with Crippen molar-refractivity contribution in [1.82, 2.24) is 10.2 Å². The molecule has 2 unspecified atom stereocenters. The fourth-order valence-corrected chi connectivity index (χ4v) is 2.65. The molecule has 102 valence electrons. The number of rotatable bonds is 8. The maximum Gasteiger partial charge on any atom is 0.0446 e. The Morgan fingerprint density at radius 1 is 1.41 bits per heavy atom. The zero-order valence-electron chi connectivity index (χ0n) is 11.8. The molecule has 0 amide bonds. The van der Waals surface area contributed by atoms with E-state index < -0.39 is 0 Å². The number of aliphatic hydroxyl groups is 1. The molecule has 0 aliphatic carbocycles. The highest BCUT2D eigenvalue weighted by molar-refractivity contribution is 4.81. The molecule has 0 aromatic rings. The Bertz CT molecular complexity index is 197. The minimum Gasteiger partial charge on any atom is -0.396 e. The number of nitrogens with zero attached hydrogens (tertiary/aromatic N) is 1. The molecule has 17 heavy (non-hydrogen) atoms. The van der Waals surface area contributed by atoms with Gasteiger partial charge in [-0.3, -0.25) is 0 Å². The van der Waals surface area contributed by atoms with Crippen LogP contribution in [0.25, 0.3) is 0 Å². The third kappa shape index (κ3) is 5.36. The van der Waals surface area contributed by atoms with Gasteiger partial charge in [0.25, 0.3) is 0 Å². The van der Waals surface area contributed by atoms with E-state index in [0.717, 1.165) is 37.8 Å². The molecule has 0 aromatic carbocycles. The molecule has 0 aromatic heterocycles. The summed E-state index contributed by atoms with van der Waals surface area (Å²) in [4.78, 5) is 2.56. The molecular formula is C14H30N2O. The second kappa shape index (κ2) is 8.06. The molecule has 3 heteroatoms. The van der Waals surface area contributed by atoms with E-state index in [1.807, 2.05) is 0 Å². The third-order valence-corrected chi connectivity index (χ3v) is 3.89. The minimum absolute atomic E-state index is 0.294. The molecule has 1 heterocycles. The van der Waals surface area contributed by atoms with Crippen LogP contribution >= 0.6 is 0 Å². The van der Waals surface area contributed by atoms with Crippen molar-refractivity contribution in [3.05, 3.63) is 0 Å². The minimum atomic E-state index is 0.294. The number of hydrogen-bond acceptors (Lipinski definition) is 3. The summed E-state index contributed by atoms with van der Waals surface area (Å²) in [6, 6.07) is 0.464. The van der Waals surface area contributed by atoms with E-state index >= 15 is 0 Å². The molecule has 0 bridgehead atoms. The highest BCUT2D eigenvalue weighted by Gasteiger charge is 2.26. The van der Waals surface area contributed by atoms with Crippen LogP contribution in [0.2, 0.25) is 0 Å². The monoisotopic (exact) mass is 242 g/mol. The summed E-state index contributed by atoms with van der Waals surface area (Å²) < 4.78 is 0. The summed E-state index contributed by atoms with van der Waals surface area (Å²) in [5, 5.41) is 12.6. The van der Waals surface area contributed by atoms with Gasteiger partial charge in [0.2, 0.25) is 0 Å². The highest BCUT2D eigenvalue weighted by atomic mass is 16.3. The molecule has 0 radical (unpaired) electrons. The van der Waals surface area contributed by atoms with Crippen molar-refractivity contribution in [2.24, 2.45) is 11.8 Å². The lowest BCUT2D eigenvalue weighted by Gasteiger charge is -2.24. The number of hydrogen-bond donors (Lipinski definition) is 2. The Morgan fingerprint density at radius 3 is 2.71 bits per heavy atom. The normalized spacial score (nSPS) is 23.5. The number of likely N-dealkylation sites (tertiary alicyclic amines) is 1. The fourth-order valence-electron chi connectivity index (χ4n) is 2.65. The maximum atomic E-state index is 9.09. The largest absolute Gasteiger partial charge is 0.396 e. The van der Waals surface area contributed by atoms with Gasteiger partial charge >= 0.3 is 0 Å². The van der Waals surface area contributed by atoms with Gasteiger partial charge in [-0.15, -0.1) is 0 Å². The van der Waals surface area contributed by atoms with Gasteiger partial charge in [0.05, 0.1) is 0 Å². The molecule has 1 aliphatic rings. The van der Waals surface area contributed by atoms with Crippen molar-refractivity contribution >= 4 is 0 Å². The molecular weight excluding hydrogens is 212 g/mol. The molecule has 1 rings (SSSR count). The third-order valence-electron chi connectivity index (χ3n) is 3.89. The van der Waals surface area contributed by atoms with Gasteiger partial charge in [0.1, 0.15) is 0 Å². The summed E-state index contributed by atoms with van der Waals surface area (Å²) in [7, 11) is 0. The molecule has 1 aliphatic heterocycles. The standard InChI is InChI=1S/C14H30N2O/c1-4-7-15-14(6-9-17)11-16-8-5-13(10-16)12(2)3/h12-15,17H,4-11H2,1-3H3. The van der Waals surface area contributed by atoms with Gasteiger partial charge < -0.3 is 15.3 Å². The SMILES string of the molecule is CCCNC(CCO)CN1CCC(C(C)C)C1. The molecule has 1 saturated heterocycles. The average Bonchev–Trinajstić information content (AvgIpc) is 2.75. The summed E-state index contributed by atoms with van der Waals surface area (Å²) in [6.07, 6.45) is 3.39. The van der Waals surface area contributed by atoms with Crippen LogP contribution in [0.1, 0.15) is 40.0 Å². The lowest BCUT2D eigenvalue weighted by atomic mass is 9.95. The predicted molar refractivity (Wildman–Crippen MR) is 73.2 cm³/mol. The summed E-state index contributed by atoms with van der Waals surface area (Å²) in [5.74, 6) is 1.68. The summed E-state index contributed by atoms with van der Waals surface area (Å²) in [5.41, 5.74) is 0. The molecule has 2 N–H and O–H groups in total. The van der Waals surface area contributed by atoms with Gasteiger partial charge in [-0.2, -0.15) is 0 Å².